The van der Waals surface area contributed by atoms with Crippen molar-refractivity contribution in [1.82, 2.24) is 9.78 Å². The SMILES string of the molecule is NCC(F)CCn1cccn1. The number of hydrogen-bond acceptors (Lipinski definition) is 2. The zero-order chi connectivity index (χ0) is 8.10. The molecule has 0 saturated heterocycles. The van der Waals surface area contributed by atoms with Crippen LogP contribution in [0.5, 0.6) is 0 Å². The standard InChI is InChI=1S/C7H12FN3/c8-7(6-9)2-5-11-4-1-3-10-11/h1,3-4,7H,2,5-6,9H2. The van der Waals surface area contributed by atoms with Gasteiger partial charge in [-0.15, -0.1) is 0 Å². The molecule has 1 heterocycles. The minimum absolute atomic E-state index is 0.0985. The van der Waals surface area contributed by atoms with E-state index in [0.29, 0.717) is 13.0 Å². The molecule has 0 aromatic carbocycles. The number of alkyl halides is 1. The Morgan fingerprint density at radius 3 is 3.00 bits per heavy atom. The minimum atomic E-state index is -0.904. The van der Waals surface area contributed by atoms with E-state index in [9.17, 15) is 4.39 Å². The van der Waals surface area contributed by atoms with E-state index in [1.165, 1.54) is 0 Å². The Labute approximate surface area is 65.0 Å². The molecular formula is C7H12FN3. The fourth-order valence-electron chi connectivity index (χ4n) is 0.823. The van der Waals surface area contributed by atoms with E-state index < -0.39 is 6.17 Å². The van der Waals surface area contributed by atoms with Gasteiger partial charge >= 0.3 is 0 Å². The Bertz CT molecular complexity index is 186. The van der Waals surface area contributed by atoms with Crippen LogP contribution in [0.1, 0.15) is 6.42 Å². The predicted molar refractivity (Wildman–Crippen MR) is 40.8 cm³/mol. The van der Waals surface area contributed by atoms with Gasteiger partial charge in [-0.3, -0.25) is 4.68 Å². The molecule has 4 heteroatoms. The van der Waals surface area contributed by atoms with E-state index in [0.717, 1.165) is 0 Å². The number of aryl methyl sites for hydroxylation is 1. The van der Waals surface area contributed by atoms with E-state index in [1.807, 2.05) is 12.3 Å². The van der Waals surface area contributed by atoms with Crippen molar-refractivity contribution < 1.29 is 4.39 Å². The average Bonchev–Trinajstić information content (AvgIpc) is 2.52. The molecule has 0 aliphatic heterocycles. The molecule has 3 nitrogen and oxygen atoms in total. The van der Waals surface area contributed by atoms with Crippen LogP contribution in [0.25, 0.3) is 0 Å². The van der Waals surface area contributed by atoms with Gasteiger partial charge in [0.25, 0.3) is 0 Å². The Balaban J connectivity index is 2.23. The van der Waals surface area contributed by atoms with Crippen molar-refractivity contribution in [3.05, 3.63) is 18.5 Å². The summed E-state index contributed by atoms with van der Waals surface area (Å²) in [5, 5.41) is 3.93. The number of nitrogens with zero attached hydrogens (tertiary/aromatic N) is 2. The van der Waals surface area contributed by atoms with Gasteiger partial charge in [0.1, 0.15) is 6.17 Å². The molecule has 0 amide bonds. The van der Waals surface area contributed by atoms with Gasteiger partial charge in [0.15, 0.2) is 0 Å². The van der Waals surface area contributed by atoms with Crippen LogP contribution in [0.15, 0.2) is 18.5 Å². The number of aromatic nitrogens is 2. The van der Waals surface area contributed by atoms with Crippen molar-refractivity contribution in [2.24, 2.45) is 5.73 Å². The van der Waals surface area contributed by atoms with E-state index in [-0.39, 0.29) is 6.54 Å². The lowest BCUT2D eigenvalue weighted by molar-refractivity contribution is 0.303. The monoisotopic (exact) mass is 157 g/mol. The zero-order valence-corrected chi connectivity index (χ0v) is 6.28. The first-order chi connectivity index (χ1) is 5.33. The summed E-state index contributed by atoms with van der Waals surface area (Å²) in [5.41, 5.74) is 5.11. The fourth-order valence-corrected chi connectivity index (χ4v) is 0.823. The molecule has 1 aromatic rings. The summed E-state index contributed by atoms with van der Waals surface area (Å²) in [6, 6.07) is 1.82. The predicted octanol–water partition coefficient (Wildman–Crippen LogP) is 0.570. The number of hydrogen-bond donors (Lipinski definition) is 1. The summed E-state index contributed by atoms with van der Waals surface area (Å²) in [4.78, 5) is 0. The third kappa shape index (κ3) is 2.67. The Kier molecular flexibility index (Phi) is 3.04. The van der Waals surface area contributed by atoms with E-state index in [4.69, 9.17) is 5.73 Å². The van der Waals surface area contributed by atoms with Gasteiger partial charge in [-0.1, -0.05) is 0 Å². The molecule has 2 N–H and O–H groups in total. The Morgan fingerprint density at radius 1 is 1.64 bits per heavy atom. The summed E-state index contributed by atoms with van der Waals surface area (Å²) < 4.78 is 14.3. The van der Waals surface area contributed by atoms with Crippen molar-refractivity contribution in [2.75, 3.05) is 6.54 Å². The first-order valence-corrected chi connectivity index (χ1v) is 3.64. The van der Waals surface area contributed by atoms with E-state index in [1.54, 1.807) is 10.9 Å². The van der Waals surface area contributed by atoms with Crippen LogP contribution in [0.3, 0.4) is 0 Å². The lowest BCUT2D eigenvalue weighted by Gasteiger charge is -2.03. The number of nitrogens with two attached hydrogens (primary N) is 1. The fraction of sp³-hybridized carbons (Fsp3) is 0.571. The van der Waals surface area contributed by atoms with Gasteiger partial charge in [-0.25, -0.2) is 4.39 Å². The van der Waals surface area contributed by atoms with Crippen LogP contribution in [-0.2, 0) is 6.54 Å². The second-order valence-electron chi connectivity index (χ2n) is 2.39. The molecule has 0 radical (unpaired) electrons. The third-order valence-corrected chi connectivity index (χ3v) is 1.49. The molecule has 11 heavy (non-hydrogen) atoms. The number of halogens is 1. The van der Waals surface area contributed by atoms with Crippen molar-refractivity contribution >= 4 is 0 Å². The highest BCUT2D eigenvalue weighted by Gasteiger charge is 2.02. The van der Waals surface area contributed by atoms with Crippen molar-refractivity contribution in [3.8, 4) is 0 Å². The van der Waals surface area contributed by atoms with Crippen LogP contribution in [0.2, 0.25) is 0 Å². The average molecular weight is 157 g/mol. The van der Waals surface area contributed by atoms with Crippen LogP contribution in [-0.4, -0.2) is 22.5 Å². The molecule has 1 atom stereocenters. The Morgan fingerprint density at radius 2 is 2.45 bits per heavy atom. The lowest BCUT2D eigenvalue weighted by atomic mass is 10.3. The first kappa shape index (κ1) is 8.20. The van der Waals surface area contributed by atoms with Gasteiger partial charge < -0.3 is 5.73 Å². The first-order valence-electron chi connectivity index (χ1n) is 3.64. The molecule has 1 aromatic heterocycles. The van der Waals surface area contributed by atoms with Crippen LogP contribution < -0.4 is 5.73 Å². The molecule has 1 rings (SSSR count). The summed E-state index contributed by atoms with van der Waals surface area (Å²) in [6.07, 6.45) is 3.02. The molecule has 62 valence electrons. The summed E-state index contributed by atoms with van der Waals surface area (Å²) >= 11 is 0. The quantitative estimate of drug-likeness (QED) is 0.694. The summed E-state index contributed by atoms with van der Waals surface area (Å²) in [7, 11) is 0. The van der Waals surface area contributed by atoms with Crippen LogP contribution in [0.4, 0.5) is 4.39 Å². The van der Waals surface area contributed by atoms with Gasteiger partial charge in [0, 0.05) is 25.5 Å². The largest absolute Gasteiger partial charge is 0.328 e. The molecule has 0 saturated carbocycles. The highest BCUT2D eigenvalue weighted by Crippen LogP contribution is 1.97. The van der Waals surface area contributed by atoms with E-state index >= 15 is 0 Å². The van der Waals surface area contributed by atoms with Gasteiger partial charge in [0.05, 0.1) is 0 Å². The second-order valence-corrected chi connectivity index (χ2v) is 2.39. The third-order valence-electron chi connectivity index (χ3n) is 1.49. The molecule has 0 aliphatic rings. The van der Waals surface area contributed by atoms with Crippen molar-refractivity contribution in [2.45, 2.75) is 19.1 Å². The normalized spacial score (nSPS) is 13.3. The van der Waals surface area contributed by atoms with Crippen molar-refractivity contribution in [3.63, 3.8) is 0 Å². The summed E-state index contributed by atoms with van der Waals surface area (Å²) in [6.45, 7) is 0.701. The molecular weight excluding hydrogens is 145 g/mol. The molecule has 0 aliphatic carbocycles. The maximum atomic E-state index is 12.6. The molecule has 0 bridgehead atoms. The van der Waals surface area contributed by atoms with Crippen molar-refractivity contribution in [1.29, 1.82) is 0 Å². The van der Waals surface area contributed by atoms with Crippen LogP contribution >= 0.6 is 0 Å². The lowest BCUT2D eigenvalue weighted by Crippen LogP contribution is -2.17. The van der Waals surface area contributed by atoms with Gasteiger partial charge in [-0.2, -0.15) is 5.10 Å². The molecule has 0 fully saturated rings. The summed E-state index contributed by atoms with van der Waals surface area (Å²) in [5.74, 6) is 0. The Hall–Kier alpha value is -0.900. The van der Waals surface area contributed by atoms with Gasteiger partial charge in [0.2, 0.25) is 0 Å². The zero-order valence-electron chi connectivity index (χ0n) is 6.28. The maximum Gasteiger partial charge on any atom is 0.114 e. The highest BCUT2D eigenvalue weighted by molar-refractivity contribution is 4.77. The van der Waals surface area contributed by atoms with E-state index in [2.05, 4.69) is 5.10 Å². The molecule has 1 unspecified atom stereocenters. The minimum Gasteiger partial charge on any atom is -0.328 e. The molecule has 0 spiro atoms. The van der Waals surface area contributed by atoms with Gasteiger partial charge in [-0.05, 0) is 12.5 Å². The maximum absolute atomic E-state index is 12.6. The van der Waals surface area contributed by atoms with Crippen LogP contribution in [0, 0.1) is 0 Å². The second kappa shape index (κ2) is 4.08. The highest BCUT2D eigenvalue weighted by atomic mass is 19.1. The smallest absolute Gasteiger partial charge is 0.114 e. The topological polar surface area (TPSA) is 43.8 Å². The number of rotatable bonds is 4.